The fourth-order valence-corrected chi connectivity index (χ4v) is 3.66. The fraction of sp³-hybridized carbons (Fsp3) is 0.750. The summed E-state index contributed by atoms with van der Waals surface area (Å²) in [6.07, 6.45) is 7.71. The maximum Gasteiger partial charge on any atom is 0.245 e. The lowest BCUT2D eigenvalue weighted by atomic mass is 9.78. The Labute approximate surface area is 117 Å². The summed E-state index contributed by atoms with van der Waals surface area (Å²) < 4.78 is 0. The standard InChI is InChI=1S/C12H16Cl2N4/c13-10-11(15-12(14)17-16-10)18-7-3-5-8-4-1-2-6-9(8)18/h8-9H,1-7H2. The predicted molar refractivity (Wildman–Crippen MR) is 72.2 cm³/mol. The van der Waals surface area contributed by atoms with E-state index in [1.807, 2.05) is 0 Å². The summed E-state index contributed by atoms with van der Waals surface area (Å²) in [6.45, 7) is 0.996. The molecule has 2 unspecified atom stereocenters. The van der Waals surface area contributed by atoms with Gasteiger partial charge in [-0.25, -0.2) is 0 Å². The Morgan fingerprint density at radius 2 is 1.78 bits per heavy atom. The molecule has 2 fully saturated rings. The van der Waals surface area contributed by atoms with Gasteiger partial charge in [-0.05, 0) is 43.2 Å². The van der Waals surface area contributed by atoms with Gasteiger partial charge in [0.2, 0.25) is 5.28 Å². The first-order valence-electron chi connectivity index (χ1n) is 6.58. The Morgan fingerprint density at radius 1 is 1.00 bits per heavy atom. The van der Waals surface area contributed by atoms with Crippen LogP contribution in [0.15, 0.2) is 0 Å². The first-order valence-corrected chi connectivity index (χ1v) is 7.33. The molecule has 2 atom stereocenters. The predicted octanol–water partition coefficient (Wildman–Crippen LogP) is 3.34. The van der Waals surface area contributed by atoms with Crippen LogP contribution >= 0.6 is 23.2 Å². The average Bonchev–Trinajstić information content (AvgIpc) is 2.41. The molecule has 4 nitrogen and oxygen atoms in total. The van der Waals surface area contributed by atoms with Crippen molar-refractivity contribution in [3.8, 4) is 0 Å². The van der Waals surface area contributed by atoms with Crippen LogP contribution in [0.4, 0.5) is 5.82 Å². The SMILES string of the molecule is Clc1nnc(Cl)c(N2CCCC3CCCCC32)n1. The fourth-order valence-electron chi connectivity index (χ4n) is 3.36. The lowest BCUT2D eigenvalue weighted by Gasteiger charge is -2.44. The molecule has 6 heteroatoms. The van der Waals surface area contributed by atoms with E-state index < -0.39 is 0 Å². The van der Waals surface area contributed by atoms with Crippen molar-refractivity contribution in [2.45, 2.75) is 44.6 Å². The molecule has 2 heterocycles. The highest BCUT2D eigenvalue weighted by molar-refractivity contribution is 6.32. The second-order valence-corrected chi connectivity index (χ2v) is 5.84. The largest absolute Gasteiger partial charge is 0.351 e. The number of aromatic nitrogens is 3. The van der Waals surface area contributed by atoms with Crippen molar-refractivity contribution in [3.63, 3.8) is 0 Å². The molecule has 1 aromatic heterocycles. The van der Waals surface area contributed by atoms with Crippen LogP contribution in [-0.4, -0.2) is 27.8 Å². The zero-order chi connectivity index (χ0) is 12.5. The van der Waals surface area contributed by atoms with Crippen LogP contribution in [0, 0.1) is 5.92 Å². The van der Waals surface area contributed by atoms with E-state index in [0.29, 0.717) is 17.0 Å². The van der Waals surface area contributed by atoms with Crippen molar-refractivity contribution in [2.75, 3.05) is 11.4 Å². The molecule has 18 heavy (non-hydrogen) atoms. The van der Waals surface area contributed by atoms with Crippen molar-refractivity contribution >= 4 is 29.0 Å². The first-order chi connectivity index (χ1) is 8.75. The summed E-state index contributed by atoms with van der Waals surface area (Å²) in [6, 6.07) is 0.553. The van der Waals surface area contributed by atoms with Crippen LogP contribution in [0.3, 0.4) is 0 Å². The van der Waals surface area contributed by atoms with Gasteiger partial charge in [-0.15, -0.1) is 10.2 Å². The van der Waals surface area contributed by atoms with Gasteiger partial charge in [-0.1, -0.05) is 24.4 Å². The smallest absolute Gasteiger partial charge is 0.245 e. The molecule has 3 rings (SSSR count). The number of halogens is 2. The second kappa shape index (κ2) is 5.17. The summed E-state index contributed by atoms with van der Waals surface area (Å²) >= 11 is 12.0. The molecular formula is C12H16Cl2N4. The quantitative estimate of drug-likeness (QED) is 0.794. The Hall–Kier alpha value is -0.610. The lowest BCUT2D eigenvalue weighted by molar-refractivity contribution is 0.242. The number of nitrogens with zero attached hydrogens (tertiary/aromatic N) is 4. The van der Waals surface area contributed by atoms with Crippen LogP contribution < -0.4 is 4.90 Å². The van der Waals surface area contributed by atoms with E-state index >= 15 is 0 Å². The van der Waals surface area contributed by atoms with Crippen LogP contribution in [0.25, 0.3) is 0 Å². The van der Waals surface area contributed by atoms with Gasteiger partial charge in [0.1, 0.15) is 0 Å². The Balaban J connectivity index is 1.91. The van der Waals surface area contributed by atoms with Crippen LogP contribution in [0.5, 0.6) is 0 Å². The van der Waals surface area contributed by atoms with Crippen molar-refractivity contribution in [3.05, 3.63) is 10.4 Å². The van der Waals surface area contributed by atoms with Gasteiger partial charge in [0, 0.05) is 12.6 Å². The summed E-state index contributed by atoms with van der Waals surface area (Å²) in [4.78, 5) is 6.58. The van der Waals surface area contributed by atoms with E-state index in [-0.39, 0.29) is 5.28 Å². The number of rotatable bonds is 1. The van der Waals surface area contributed by atoms with E-state index in [9.17, 15) is 0 Å². The summed E-state index contributed by atoms with van der Waals surface area (Å²) in [7, 11) is 0. The number of hydrogen-bond donors (Lipinski definition) is 0. The van der Waals surface area contributed by atoms with Gasteiger partial charge in [-0.3, -0.25) is 0 Å². The molecule has 98 valence electrons. The van der Waals surface area contributed by atoms with E-state index in [2.05, 4.69) is 20.1 Å². The van der Waals surface area contributed by atoms with Gasteiger partial charge >= 0.3 is 0 Å². The van der Waals surface area contributed by atoms with Gasteiger partial charge in [0.05, 0.1) is 0 Å². The highest BCUT2D eigenvalue weighted by Gasteiger charge is 2.35. The third-order valence-electron chi connectivity index (χ3n) is 4.12. The highest BCUT2D eigenvalue weighted by atomic mass is 35.5. The summed E-state index contributed by atoms with van der Waals surface area (Å²) in [5, 5.41) is 8.09. The van der Waals surface area contributed by atoms with Gasteiger partial charge < -0.3 is 4.90 Å². The van der Waals surface area contributed by atoms with Crippen molar-refractivity contribution in [1.29, 1.82) is 0 Å². The monoisotopic (exact) mass is 286 g/mol. The number of piperidine rings is 1. The topological polar surface area (TPSA) is 41.9 Å². The highest BCUT2D eigenvalue weighted by Crippen LogP contribution is 2.38. The normalized spacial score (nSPS) is 28.0. The van der Waals surface area contributed by atoms with Gasteiger partial charge in [0.25, 0.3) is 0 Å². The zero-order valence-electron chi connectivity index (χ0n) is 10.1. The lowest BCUT2D eigenvalue weighted by Crippen LogP contribution is -2.47. The Morgan fingerprint density at radius 3 is 2.67 bits per heavy atom. The second-order valence-electron chi connectivity index (χ2n) is 5.14. The Kier molecular flexibility index (Phi) is 3.57. The van der Waals surface area contributed by atoms with E-state index in [1.54, 1.807) is 0 Å². The van der Waals surface area contributed by atoms with Crippen LogP contribution in [-0.2, 0) is 0 Å². The maximum absolute atomic E-state index is 6.12. The first kappa shape index (κ1) is 12.4. The molecule has 2 aliphatic rings. The number of anilines is 1. The molecule has 0 amide bonds. The average molecular weight is 287 g/mol. The Bertz CT molecular complexity index is 438. The molecular weight excluding hydrogens is 271 g/mol. The number of hydrogen-bond acceptors (Lipinski definition) is 4. The molecule has 0 radical (unpaired) electrons. The van der Waals surface area contributed by atoms with Gasteiger partial charge in [0.15, 0.2) is 11.0 Å². The van der Waals surface area contributed by atoms with Gasteiger partial charge in [-0.2, -0.15) is 4.98 Å². The summed E-state index contributed by atoms with van der Waals surface area (Å²) in [5.74, 6) is 1.49. The molecule has 1 aliphatic carbocycles. The third-order valence-corrected chi connectivity index (χ3v) is 4.52. The minimum Gasteiger partial charge on any atom is -0.351 e. The molecule has 0 bridgehead atoms. The maximum atomic E-state index is 6.12. The van der Waals surface area contributed by atoms with Crippen molar-refractivity contribution in [1.82, 2.24) is 15.2 Å². The molecule has 1 saturated heterocycles. The van der Waals surface area contributed by atoms with Crippen molar-refractivity contribution < 1.29 is 0 Å². The third kappa shape index (κ3) is 2.28. The molecule has 1 saturated carbocycles. The van der Waals surface area contributed by atoms with Crippen LogP contribution in [0.2, 0.25) is 10.4 Å². The van der Waals surface area contributed by atoms with E-state index in [0.717, 1.165) is 12.5 Å². The van der Waals surface area contributed by atoms with E-state index in [4.69, 9.17) is 23.2 Å². The number of fused-ring (bicyclic) bond motifs is 1. The van der Waals surface area contributed by atoms with E-state index in [1.165, 1.54) is 38.5 Å². The minimum absolute atomic E-state index is 0.173. The summed E-state index contributed by atoms with van der Waals surface area (Å²) in [5.41, 5.74) is 0. The molecule has 0 aromatic carbocycles. The minimum atomic E-state index is 0.173. The molecule has 0 N–H and O–H groups in total. The molecule has 1 aliphatic heterocycles. The zero-order valence-corrected chi connectivity index (χ0v) is 11.7. The molecule has 1 aromatic rings. The molecule has 0 spiro atoms. The van der Waals surface area contributed by atoms with Crippen LogP contribution in [0.1, 0.15) is 38.5 Å². The van der Waals surface area contributed by atoms with Crippen molar-refractivity contribution in [2.24, 2.45) is 5.92 Å².